The van der Waals surface area contributed by atoms with Crippen molar-refractivity contribution in [2.75, 3.05) is 24.3 Å². The van der Waals surface area contributed by atoms with Crippen molar-refractivity contribution in [1.29, 1.82) is 0 Å². The van der Waals surface area contributed by atoms with Crippen LogP contribution in [0.1, 0.15) is 18.9 Å². The van der Waals surface area contributed by atoms with Crippen LogP contribution >= 0.6 is 12.4 Å². The maximum Gasteiger partial charge on any atom is 0.250 e. The second-order valence-corrected chi connectivity index (χ2v) is 3.68. The summed E-state index contributed by atoms with van der Waals surface area (Å²) in [5, 5.41) is 2.77. The van der Waals surface area contributed by atoms with E-state index in [0.717, 1.165) is 17.7 Å². The van der Waals surface area contributed by atoms with Gasteiger partial charge >= 0.3 is 0 Å². The van der Waals surface area contributed by atoms with E-state index in [9.17, 15) is 4.79 Å². The van der Waals surface area contributed by atoms with Gasteiger partial charge in [-0.2, -0.15) is 0 Å². The molecule has 0 aromatic heterocycles. The number of nitrogens with two attached hydrogens (primary N) is 1. The predicted octanol–water partition coefficient (Wildman–Crippen LogP) is 2.36. The van der Waals surface area contributed by atoms with Gasteiger partial charge in [-0.25, -0.2) is 0 Å². The van der Waals surface area contributed by atoms with Crippen molar-refractivity contribution in [3.63, 3.8) is 0 Å². The first-order chi connectivity index (χ1) is 7.63. The highest BCUT2D eigenvalue weighted by Crippen LogP contribution is 2.17. The highest BCUT2D eigenvalue weighted by molar-refractivity contribution is 5.92. The number of anilines is 2. The summed E-state index contributed by atoms with van der Waals surface area (Å²) in [5.74, 6) is -0.151. The van der Waals surface area contributed by atoms with Crippen LogP contribution in [0.15, 0.2) is 18.2 Å². The normalized spacial score (nSPS) is 9.53. The van der Waals surface area contributed by atoms with Crippen molar-refractivity contribution in [3.05, 3.63) is 23.8 Å². The number of carbonyl (C=O) groups excluding carboxylic acids is 1. The molecule has 0 unspecified atom stereocenters. The third-order valence-corrected chi connectivity index (χ3v) is 2.12. The summed E-state index contributed by atoms with van der Waals surface area (Å²) in [5.41, 5.74) is 8.00. The lowest BCUT2D eigenvalue weighted by Crippen LogP contribution is -2.19. The molecule has 3 N–H and O–H groups in total. The van der Waals surface area contributed by atoms with Gasteiger partial charge in [-0.15, -0.1) is 12.4 Å². The molecule has 0 aliphatic rings. The number of nitrogens with one attached hydrogen (secondary N) is 1. The van der Waals surface area contributed by atoms with E-state index in [4.69, 9.17) is 10.5 Å². The van der Waals surface area contributed by atoms with Gasteiger partial charge in [0.1, 0.15) is 6.61 Å². The van der Waals surface area contributed by atoms with Crippen molar-refractivity contribution >= 4 is 29.7 Å². The van der Waals surface area contributed by atoms with Crippen LogP contribution in [0.2, 0.25) is 0 Å². The minimum Gasteiger partial charge on any atom is -0.399 e. The molecule has 17 heavy (non-hydrogen) atoms. The molecule has 5 heteroatoms. The Morgan fingerprint density at radius 3 is 2.82 bits per heavy atom. The summed E-state index contributed by atoms with van der Waals surface area (Å²) in [7, 11) is 0. The average molecular weight is 259 g/mol. The number of nitrogen functional groups attached to an aromatic ring is 1. The fourth-order valence-corrected chi connectivity index (χ4v) is 1.27. The summed E-state index contributed by atoms with van der Waals surface area (Å²) in [6.45, 7) is 4.60. The van der Waals surface area contributed by atoms with Gasteiger partial charge in [0.2, 0.25) is 5.91 Å². The molecule has 1 aromatic rings. The minimum atomic E-state index is -0.151. The molecular formula is C12H19ClN2O2. The third kappa shape index (κ3) is 5.56. The van der Waals surface area contributed by atoms with E-state index in [1.807, 2.05) is 19.9 Å². The molecule has 0 radical (unpaired) electrons. The summed E-state index contributed by atoms with van der Waals surface area (Å²) in [6, 6.07) is 5.42. The van der Waals surface area contributed by atoms with Gasteiger partial charge in [-0.05, 0) is 31.0 Å². The van der Waals surface area contributed by atoms with Crippen molar-refractivity contribution in [2.24, 2.45) is 0 Å². The van der Waals surface area contributed by atoms with E-state index >= 15 is 0 Å². The SMILES string of the molecule is CCCOCC(=O)Nc1cc(N)ccc1C.Cl. The Labute approximate surface area is 108 Å². The molecule has 0 saturated heterocycles. The Morgan fingerprint density at radius 1 is 1.47 bits per heavy atom. The van der Waals surface area contributed by atoms with Gasteiger partial charge in [0, 0.05) is 18.0 Å². The molecule has 0 spiro atoms. The van der Waals surface area contributed by atoms with E-state index in [1.54, 1.807) is 12.1 Å². The van der Waals surface area contributed by atoms with E-state index in [1.165, 1.54) is 0 Å². The fraction of sp³-hybridized carbons (Fsp3) is 0.417. The van der Waals surface area contributed by atoms with Crippen LogP contribution in [0, 0.1) is 6.92 Å². The number of rotatable bonds is 5. The molecule has 1 amide bonds. The molecule has 0 aliphatic carbocycles. The Hall–Kier alpha value is -1.26. The molecule has 1 rings (SSSR count). The maximum atomic E-state index is 11.5. The molecule has 0 atom stereocenters. The average Bonchev–Trinajstić information content (AvgIpc) is 2.24. The molecule has 0 aliphatic heterocycles. The summed E-state index contributed by atoms with van der Waals surface area (Å²) < 4.78 is 5.14. The number of halogens is 1. The van der Waals surface area contributed by atoms with E-state index < -0.39 is 0 Å². The molecule has 0 bridgehead atoms. The first-order valence-electron chi connectivity index (χ1n) is 5.37. The quantitative estimate of drug-likeness (QED) is 0.630. The topological polar surface area (TPSA) is 64.3 Å². The Bertz CT molecular complexity index is 370. The molecule has 0 saturated carbocycles. The van der Waals surface area contributed by atoms with Crippen molar-refractivity contribution in [2.45, 2.75) is 20.3 Å². The monoisotopic (exact) mass is 258 g/mol. The third-order valence-electron chi connectivity index (χ3n) is 2.12. The van der Waals surface area contributed by atoms with Crippen LogP contribution in [0.5, 0.6) is 0 Å². The molecule has 1 aromatic carbocycles. The number of ether oxygens (including phenoxy) is 1. The summed E-state index contributed by atoms with van der Waals surface area (Å²) in [4.78, 5) is 11.5. The zero-order chi connectivity index (χ0) is 12.0. The van der Waals surface area contributed by atoms with Gasteiger partial charge < -0.3 is 15.8 Å². The van der Waals surface area contributed by atoms with Gasteiger partial charge in [-0.1, -0.05) is 13.0 Å². The number of carbonyl (C=O) groups is 1. The zero-order valence-corrected chi connectivity index (χ0v) is 11.0. The second-order valence-electron chi connectivity index (χ2n) is 3.68. The smallest absolute Gasteiger partial charge is 0.250 e. The predicted molar refractivity (Wildman–Crippen MR) is 72.6 cm³/mol. The lowest BCUT2D eigenvalue weighted by atomic mass is 10.2. The van der Waals surface area contributed by atoms with E-state index in [-0.39, 0.29) is 24.9 Å². The minimum absolute atomic E-state index is 0. The molecular weight excluding hydrogens is 240 g/mol. The highest BCUT2D eigenvalue weighted by Gasteiger charge is 2.04. The van der Waals surface area contributed by atoms with Crippen molar-refractivity contribution in [3.8, 4) is 0 Å². The van der Waals surface area contributed by atoms with Gasteiger partial charge in [0.15, 0.2) is 0 Å². The van der Waals surface area contributed by atoms with Crippen molar-refractivity contribution in [1.82, 2.24) is 0 Å². The van der Waals surface area contributed by atoms with E-state index in [2.05, 4.69) is 5.32 Å². The number of hydrogen-bond acceptors (Lipinski definition) is 3. The van der Waals surface area contributed by atoms with Crippen LogP contribution in [0.3, 0.4) is 0 Å². The van der Waals surface area contributed by atoms with Crippen molar-refractivity contribution < 1.29 is 9.53 Å². The van der Waals surface area contributed by atoms with Gasteiger partial charge in [0.05, 0.1) is 0 Å². The highest BCUT2D eigenvalue weighted by atomic mass is 35.5. The number of hydrogen-bond donors (Lipinski definition) is 2. The van der Waals surface area contributed by atoms with Crippen LogP contribution < -0.4 is 11.1 Å². The Balaban J connectivity index is 0.00000256. The first-order valence-corrected chi connectivity index (χ1v) is 5.37. The maximum absolute atomic E-state index is 11.5. The van der Waals surface area contributed by atoms with Crippen LogP contribution in [-0.2, 0) is 9.53 Å². The number of amides is 1. The summed E-state index contributed by atoms with van der Waals surface area (Å²) in [6.07, 6.45) is 0.907. The van der Waals surface area contributed by atoms with E-state index in [0.29, 0.717) is 12.3 Å². The number of benzene rings is 1. The lowest BCUT2D eigenvalue weighted by Gasteiger charge is -2.09. The summed E-state index contributed by atoms with van der Waals surface area (Å²) >= 11 is 0. The lowest BCUT2D eigenvalue weighted by molar-refractivity contribution is -0.120. The Kier molecular flexibility index (Phi) is 7.34. The van der Waals surface area contributed by atoms with Crippen LogP contribution in [0.25, 0.3) is 0 Å². The molecule has 4 nitrogen and oxygen atoms in total. The largest absolute Gasteiger partial charge is 0.399 e. The first kappa shape index (κ1) is 15.7. The van der Waals surface area contributed by atoms with Gasteiger partial charge in [0.25, 0.3) is 0 Å². The molecule has 0 heterocycles. The van der Waals surface area contributed by atoms with Crippen LogP contribution in [-0.4, -0.2) is 19.1 Å². The molecule has 96 valence electrons. The number of aryl methyl sites for hydroxylation is 1. The second kappa shape index (κ2) is 7.92. The Morgan fingerprint density at radius 2 is 2.18 bits per heavy atom. The zero-order valence-electron chi connectivity index (χ0n) is 10.2. The standard InChI is InChI=1S/C12H18N2O2.ClH/c1-3-6-16-8-12(15)14-11-7-10(13)5-4-9(11)2;/h4-5,7H,3,6,8,13H2,1-2H3,(H,14,15);1H. The molecule has 0 fully saturated rings. The van der Waals surface area contributed by atoms with Crippen LogP contribution in [0.4, 0.5) is 11.4 Å². The van der Waals surface area contributed by atoms with Gasteiger partial charge in [-0.3, -0.25) is 4.79 Å². The fourth-order valence-electron chi connectivity index (χ4n) is 1.27.